The minimum atomic E-state index is -4.44. The molecular weight excluding hydrogens is 347 g/mol. The quantitative estimate of drug-likeness (QED) is 0.460. The van der Waals surface area contributed by atoms with Gasteiger partial charge in [-0.3, -0.25) is 5.43 Å². The lowest BCUT2D eigenvalue weighted by Crippen LogP contribution is -2.36. The lowest BCUT2D eigenvalue weighted by atomic mass is 9.74. The molecule has 8 heteroatoms. The van der Waals surface area contributed by atoms with E-state index in [4.69, 9.17) is 23.8 Å². The van der Waals surface area contributed by atoms with Gasteiger partial charge < -0.3 is 5.32 Å². The van der Waals surface area contributed by atoms with Crippen LogP contribution in [-0.4, -0.2) is 10.8 Å². The molecule has 0 amide bonds. The first-order chi connectivity index (χ1) is 10.8. The molecule has 0 unspecified atom stereocenters. The number of fused-ring (bicyclic) bond motifs is 1. The average Bonchev–Trinajstić information content (AvgIpc) is 2.82. The zero-order valence-corrected chi connectivity index (χ0v) is 13.4. The number of nitrogens with one attached hydrogen (secondary N) is 2. The summed E-state index contributed by atoms with van der Waals surface area (Å²) in [6.45, 7) is 0. The topological polar surface area (TPSA) is 36.4 Å². The first-order valence-electron chi connectivity index (χ1n) is 7.01. The highest BCUT2D eigenvalue weighted by molar-refractivity contribution is 7.80. The molecule has 0 radical (unpaired) electrons. The normalized spacial score (nSPS) is 24.3. The van der Waals surface area contributed by atoms with Crippen molar-refractivity contribution in [3.63, 3.8) is 0 Å². The minimum Gasteiger partial charge on any atom is -0.330 e. The highest BCUT2D eigenvalue weighted by Gasteiger charge is 2.38. The standard InChI is InChI=1S/C15H13ClF3N3S/c16-11-5-4-9(15(17,18)19)7-13(11)20-14(23)22-21-12-6-8-2-1-3-10(8)12/h1-2,4-5,7-8,10H,3,6H2,(H2,20,22,23)/b21-12-/t8-,10-/m0/s1. The maximum Gasteiger partial charge on any atom is 0.416 e. The number of allylic oxidation sites excluding steroid dienone is 2. The van der Waals surface area contributed by atoms with E-state index in [9.17, 15) is 13.2 Å². The Morgan fingerprint density at radius 2 is 2.13 bits per heavy atom. The molecule has 0 aromatic heterocycles. The van der Waals surface area contributed by atoms with Crippen molar-refractivity contribution >= 4 is 40.3 Å². The number of halogens is 4. The van der Waals surface area contributed by atoms with E-state index in [0.29, 0.717) is 11.8 Å². The molecule has 3 nitrogen and oxygen atoms in total. The maximum absolute atomic E-state index is 12.7. The molecule has 23 heavy (non-hydrogen) atoms. The molecular formula is C15H13ClF3N3S. The Morgan fingerprint density at radius 1 is 1.35 bits per heavy atom. The molecule has 1 aromatic carbocycles. The minimum absolute atomic E-state index is 0.0909. The summed E-state index contributed by atoms with van der Waals surface area (Å²) in [4.78, 5) is 0. The second kappa shape index (κ2) is 6.13. The van der Waals surface area contributed by atoms with Crippen molar-refractivity contribution in [1.29, 1.82) is 0 Å². The first kappa shape index (κ1) is 16.3. The van der Waals surface area contributed by atoms with Gasteiger partial charge in [0.25, 0.3) is 0 Å². The smallest absolute Gasteiger partial charge is 0.330 e. The Hall–Kier alpha value is -1.60. The Morgan fingerprint density at radius 3 is 2.83 bits per heavy atom. The van der Waals surface area contributed by atoms with Gasteiger partial charge in [-0.05, 0) is 49.2 Å². The van der Waals surface area contributed by atoms with E-state index in [1.807, 2.05) is 0 Å². The number of hydrazone groups is 1. The second-order valence-corrected chi connectivity index (χ2v) is 6.32. The number of alkyl halides is 3. The van der Waals surface area contributed by atoms with Crippen molar-refractivity contribution in [3.05, 3.63) is 40.9 Å². The van der Waals surface area contributed by atoms with Crippen LogP contribution in [0.25, 0.3) is 0 Å². The molecule has 1 aromatic rings. The van der Waals surface area contributed by atoms with Gasteiger partial charge >= 0.3 is 6.18 Å². The van der Waals surface area contributed by atoms with E-state index >= 15 is 0 Å². The van der Waals surface area contributed by atoms with Crippen LogP contribution in [0.3, 0.4) is 0 Å². The summed E-state index contributed by atoms with van der Waals surface area (Å²) in [5, 5.41) is 7.13. The van der Waals surface area contributed by atoms with Gasteiger partial charge in [0.05, 0.1) is 16.3 Å². The lowest BCUT2D eigenvalue weighted by Gasteiger charge is -2.31. The summed E-state index contributed by atoms with van der Waals surface area (Å²) >= 11 is 11.0. The Labute approximate surface area is 141 Å². The molecule has 3 rings (SSSR count). The Bertz CT molecular complexity index is 700. The van der Waals surface area contributed by atoms with Gasteiger partial charge in [-0.15, -0.1) is 0 Å². The van der Waals surface area contributed by atoms with Crippen molar-refractivity contribution in [2.45, 2.75) is 19.0 Å². The van der Waals surface area contributed by atoms with Crippen molar-refractivity contribution < 1.29 is 13.2 Å². The fourth-order valence-corrected chi connectivity index (χ4v) is 3.05. The van der Waals surface area contributed by atoms with Crippen LogP contribution in [0, 0.1) is 11.8 Å². The van der Waals surface area contributed by atoms with Crippen LogP contribution in [0.4, 0.5) is 18.9 Å². The molecule has 2 aliphatic carbocycles. The summed E-state index contributed by atoms with van der Waals surface area (Å²) in [5.41, 5.74) is 3.00. The summed E-state index contributed by atoms with van der Waals surface area (Å²) in [6.07, 6.45) is 1.75. The van der Waals surface area contributed by atoms with Gasteiger partial charge in [-0.2, -0.15) is 18.3 Å². The molecule has 0 aliphatic heterocycles. The van der Waals surface area contributed by atoms with Crippen molar-refractivity contribution in [2.24, 2.45) is 16.9 Å². The molecule has 122 valence electrons. The molecule has 0 spiro atoms. The third-order valence-corrected chi connectivity index (χ3v) is 4.53. The number of rotatable bonds is 2. The predicted octanol–water partition coefficient (Wildman–Crippen LogP) is 4.60. The van der Waals surface area contributed by atoms with Gasteiger partial charge in [0.1, 0.15) is 0 Å². The van der Waals surface area contributed by atoms with Crippen LogP contribution in [0.2, 0.25) is 5.02 Å². The summed E-state index contributed by atoms with van der Waals surface area (Å²) in [5.74, 6) is 0.998. The number of hydrogen-bond acceptors (Lipinski definition) is 2. The second-order valence-electron chi connectivity index (χ2n) is 5.50. The van der Waals surface area contributed by atoms with Crippen LogP contribution < -0.4 is 10.7 Å². The molecule has 0 saturated heterocycles. The van der Waals surface area contributed by atoms with E-state index in [1.54, 1.807) is 0 Å². The van der Waals surface area contributed by atoms with Crippen LogP contribution in [0.5, 0.6) is 0 Å². The maximum atomic E-state index is 12.7. The van der Waals surface area contributed by atoms with E-state index in [0.717, 1.165) is 30.7 Å². The molecule has 1 fully saturated rings. The third kappa shape index (κ3) is 3.50. The van der Waals surface area contributed by atoms with Gasteiger partial charge in [-0.1, -0.05) is 23.8 Å². The lowest BCUT2D eigenvalue weighted by molar-refractivity contribution is -0.137. The fraction of sp³-hybridized carbons (Fsp3) is 0.333. The Kier molecular flexibility index (Phi) is 4.33. The van der Waals surface area contributed by atoms with Gasteiger partial charge in [-0.25, -0.2) is 0 Å². The summed E-state index contributed by atoms with van der Waals surface area (Å²) < 4.78 is 38.2. The van der Waals surface area contributed by atoms with E-state index in [2.05, 4.69) is 28.0 Å². The van der Waals surface area contributed by atoms with Gasteiger partial charge in [0.2, 0.25) is 0 Å². The van der Waals surface area contributed by atoms with Crippen molar-refractivity contribution in [1.82, 2.24) is 5.43 Å². The largest absolute Gasteiger partial charge is 0.416 e. The summed E-state index contributed by atoms with van der Waals surface area (Å²) in [7, 11) is 0. The number of anilines is 1. The molecule has 2 aliphatic rings. The molecule has 0 bridgehead atoms. The van der Waals surface area contributed by atoms with Crippen LogP contribution in [0.1, 0.15) is 18.4 Å². The van der Waals surface area contributed by atoms with E-state index in [1.165, 1.54) is 6.07 Å². The number of hydrogen-bond donors (Lipinski definition) is 2. The van der Waals surface area contributed by atoms with Crippen LogP contribution in [-0.2, 0) is 6.18 Å². The van der Waals surface area contributed by atoms with Crippen LogP contribution >= 0.6 is 23.8 Å². The fourth-order valence-electron chi connectivity index (χ4n) is 2.73. The highest BCUT2D eigenvalue weighted by atomic mass is 35.5. The van der Waals surface area contributed by atoms with E-state index in [-0.39, 0.29) is 15.8 Å². The first-order valence-corrected chi connectivity index (χ1v) is 7.80. The number of nitrogens with zero attached hydrogens (tertiary/aromatic N) is 1. The van der Waals surface area contributed by atoms with Crippen LogP contribution in [0.15, 0.2) is 35.5 Å². The van der Waals surface area contributed by atoms with Crippen molar-refractivity contribution in [2.75, 3.05) is 5.32 Å². The molecule has 0 heterocycles. The third-order valence-electron chi connectivity index (χ3n) is 4.01. The Balaban J connectivity index is 1.63. The SMILES string of the molecule is FC(F)(F)c1ccc(Cl)c(NC(=S)N/N=C2/C[C@@H]3C=CC[C@H]23)c1. The summed E-state index contributed by atoms with van der Waals surface area (Å²) in [6, 6.07) is 3.03. The zero-order chi connectivity index (χ0) is 16.6. The number of thiocarbonyl (C=S) groups is 1. The monoisotopic (exact) mass is 359 g/mol. The van der Waals surface area contributed by atoms with Gasteiger partial charge in [0, 0.05) is 11.6 Å². The predicted molar refractivity (Wildman–Crippen MR) is 88.6 cm³/mol. The molecule has 1 saturated carbocycles. The average molecular weight is 360 g/mol. The van der Waals surface area contributed by atoms with E-state index < -0.39 is 11.7 Å². The zero-order valence-electron chi connectivity index (χ0n) is 11.8. The number of benzene rings is 1. The van der Waals surface area contributed by atoms with Gasteiger partial charge in [0.15, 0.2) is 5.11 Å². The highest BCUT2D eigenvalue weighted by Crippen LogP contribution is 2.40. The van der Waals surface area contributed by atoms with Crippen molar-refractivity contribution in [3.8, 4) is 0 Å². The molecule has 2 atom stereocenters. The molecule has 2 N–H and O–H groups in total.